The van der Waals surface area contributed by atoms with Gasteiger partial charge in [-0.15, -0.1) is 0 Å². The highest BCUT2D eigenvalue weighted by Crippen LogP contribution is 2.35. The van der Waals surface area contributed by atoms with Gasteiger partial charge in [-0.25, -0.2) is 0 Å². The second-order valence-electron chi connectivity index (χ2n) is 10.6. The number of unbranched alkanes of at least 4 members (excludes halogenated alkanes) is 4. The fourth-order valence-corrected chi connectivity index (χ4v) is 5.92. The third-order valence-corrected chi connectivity index (χ3v) is 8.44. The summed E-state index contributed by atoms with van der Waals surface area (Å²) in [5.74, 6) is 0.473. The minimum absolute atomic E-state index is 0.0119. The number of ether oxygens (including phenoxy) is 2. The topological polar surface area (TPSA) is 62.2 Å². The molecule has 2 aliphatic heterocycles. The van der Waals surface area contributed by atoms with Crippen molar-refractivity contribution in [1.82, 2.24) is 9.80 Å². The Morgan fingerprint density at radius 3 is 2.48 bits per heavy atom. The normalized spacial score (nSPS) is 26.8. The summed E-state index contributed by atoms with van der Waals surface area (Å²) < 4.78 is 11.4. The molecule has 3 fully saturated rings. The minimum atomic E-state index is -0.685. The summed E-state index contributed by atoms with van der Waals surface area (Å²) >= 11 is 5.59. The van der Waals surface area contributed by atoms with Crippen LogP contribution in [0.5, 0.6) is 0 Å². The highest BCUT2D eigenvalue weighted by molar-refractivity contribution is 7.80. The molecule has 7 heteroatoms. The molecule has 0 aromatic heterocycles. The minimum Gasteiger partial charge on any atom is -0.390 e. The number of carbonyl (C=O) groups is 1. The molecule has 3 rings (SSSR count). The van der Waals surface area contributed by atoms with Crippen LogP contribution in [0.15, 0.2) is 0 Å². The molecule has 3 atom stereocenters. The Bertz CT molecular complexity index is 617. The van der Waals surface area contributed by atoms with Gasteiger partial charge in [0.1, 0.15) is 6.04 Å². The van der Waals surface area contributed by atoms with E-state index in [9.17, 15) is 9.90 Å². The molecule has 190 valence electrons. The van der Waals surface area contributed by atoms with E-state index in [0.717, 1.165) is 77.4 Å². The molecule has 0 radical (unpaired) electrons. The van der Waals surface area contributed by atoms with Gasteiger partial charge in [0.25, 0.3) is 5.91 Å². The molecule has 1 N–H and O–H groups in total. The Kier molecular flexibility index (Phi) is 10.9. The third-order valence-electron chi connectivity index (χ3n) is 7.93. The molecule has 3 unspecified atom stereocenters. The van der Waals surface area contributed by atoms with E-state index in [-0.39, 0.29) is 18.2 Å². The summed E-state index contributed by atoms with van der Waals surface area (Å²) in [6, 6.07) is -0.170. The van der Waals surface area contributed by atoms with Gasteiger partial charge in [-0.2, -0.15) is 0 Å². The number of rotatable bonds is 13. The van der Waals surface area contributed by atoms with Crippen molar-refractivity contribution >= 4 is 23.2 Å². The predicted octanol–water partition coefficient (Wildman–Crippen LogP) is 5.02. The average Bonchev–Trinajstić information content (AvgIpc) is 3.03. The lowest BCUT2D eigenvalue weighted by molar-refractivity contribution is -0.162. The van der Waals surface area contributed by atoms with E-state index in [4.69, 9.17) is 21.7 Å². The van der Waals surface area contributed by atoms with Crippen LogP contribution >= 0.6 is 12.2 Å². The van der Waals surface area contributed by atoms with Crippen LogP contribution in [0.3, 0.4) is 0 Å². The molecule has 1 aliphatic carbocycles. The van der Waals surface area contributed by atoms with Crippen LogP contribution in [0, 0.1) is 5.92 Å². The number of nitrogens with zero attached hydrogens (tertiary/aromatic N) is 2. The fourth-order valence-electron chi connectivity index (χ4n) is 5.61. The molecule has 0 aromatic rings. The zero-order valence-corrected chi connectivity index (χ0v) is 21.8. The maximum absolute atomic E-state index is 12.8. The van der Waals surface area contributed by atoms with Crippen LogP contribution in [-0.4, -0.2) is 70.7 Å². The second kappa shape index (κ2) is 13.4. The SMILES string of the molecule is CN1C(=O)C(CCCCCCCOC2CCCCO2)N(CCC(C)(O)C2CCCCC2)C1=S. The molecule has 0 spiro atoms. The lowest BCUT2D eigenvalue weighted by Crippen LogP contribution is -2.43. The standard InChI is InChI=1S/C26H46N2O4S/c1-26(30,21-13-7-6-8-14-21)17-18-28-22(24(29)27(2)25(28)33)15-9-4-3-5-11-19-31-23-16-10-12-20-32-23/h21-23,30H,3-20H2,1-2H3. The molecule has 33 heavy (non-hydrogen) atoms. The van der Waals surface area contributed by atoms with Crippen molar-refractivity contribution in [2.75, 3.05) is 26.8 Å². The van der Waals surface area contributed by atoms with Crippen molar-refractivity contribution in [1.29, 1.82) is 0 Å². The molecule has 0 bridgehead atoms. The summed E-state index contributed by atoms with van der Waals surface area (Å²) in [6.45, 7) is 4.24. The second-order valence-corrected chi connectivity index (χ2v) is 10.9. The Labute approximate surface area is 206 Å². The molecule has 1 saturated carbocycles. The maximum Gasteiger partial charge on any atom is 0.251 e. The molecule has 2 saturated heterocycles. The molecule has 0 aromatic carbocycles. The van der Waals surface area contributed by atoms with Gasteiger partial charge in [0.05, 0.1) is 5.60 Å². The van der Waals surface area contributed by atoms with E-state index >= 15 is 0 Å². The number of carbonyl (C=O) groups excluding carboxylic acids is 1. The van der Waals surface area contributed by atoms with Gasteiger partial charge in [-0.1, -0.05) is 44.9 Å². The number of aliphatic hydroxyl groups is 1. The van der Waals surface area contributed by atoms with E-state index in [2.05, 4.69) is 4.90 Å². The van der Waals surface area contributed by atoms with E-state index in [1.54, 1.807) is 11.9 Å². The van der Waals surface area contributed by atoms with Gasteiger partial charge >= 0.3 is 0 Å². The van der Waals surface area contributed by atoms with Crippen LogP contribution < -0.4 is 0 Å². The molecule has 1 amide bonds. The average molecular weight is 483 g/mol. The van der Waals surface area contributed by atoms with Crippen molar-refractivity contribution in [2.24, 2.45) is 5.92 Å². The molecular weight excluding hydrogens is 436 g/mol. The largest absolute Gasteiger partial charge is 0.390 e. The third kappa shape index (κ3) is 7.87. The summed E-state index contributed by atoms with van der Waals surface area (Å²) in [5, 5.41) is 11.7. The van der Waals surface area contributed by atoms with Gasteiger partial charge in [-0.3, -0.25) is 9.69 Å². The Hall–Kier alpha value is -0.760. The molecule has 2 heterocycles. The number of thiocarbonyl (C=S) groups is 1. The zero-order chi connectivity index (χ0) is 23.7. The quantitative estimate of drug-likeness (QED) is 0.294. The van der Waals surface area contributed by atoms with Crippen molar-refractivity contribution in [3.05, 3.63) is 0 Å². The molecule has 3 aliphatic rings. The van der Waals surface area contributed by atoms with Gasteiger partial charge in [0, 0.05) is 26.8 Å². The lowest BCUT2D eigenvalue weighted by atomic mass is 9.76. The Balaban J connectivity index is 1.34. The first kappa shape index (κ1) is 26.8. The first-order chi connectivity index (χ1) is 15.9. The number of hydrogen-bond acceptors (Lipinski definition) is 5. The predicted molar refractivity (Wildman–Crippen MR) is 135 cm³/mol. The smallest absolute Gasteiger partial charge is 0.251 e. The molecular formula is C26H46N2O4S. The van der Waals surface area contributed by atoms with Crippen LogP contribution in [0.25, 0.3) is 0 Å². The van der Waals surface area contributed by atoms with Gasteiger partial charge in [0.2, 0.25) is 0 Å². The Morgan fingerprint density at radius 2 is 1.76 bits per heavy atom. The Morgan fingerprint density at radius 1 is 1.06 bits per heavy atom. The first-order valence-corrected chi connectivity index (χ1v) is 13.8. The van der Waals surface area contributed by atoms with Crippen LogP contribution in [0.2, 0.25) is 0 Å². The van der Waals surface area contributed by atoms with E-state index in [1.807, 2.05) is 6.92 Å². The number of hydrogen-bond donors (Lipinski definition) is 1. The highest BCUT2D eigenvalue weighted by atomic mass is 32.1. The fraction of sp³-hybridized carbons (Fsp3) is 0.923. The van der Waals surface area contributed by atoms with Gasteiger partial charge in [-0.05, 0) is 76.4 Å². The van der Waals surface area contributed by atoms with Crippen LogP contribution in [0.1, 0.15) is 103 Å². The van der Waals surface area contributed by atoms with Crippen LogP contribution in [-0.2, 0) is 14.3 Å². The monoisotopic (exact) mass is 482 g/mol. The number of likely N-dealkylation sites (N-methyl/N-ethyl adjacent to an activating group) is 1. The summed E-state index contributed by atoms with van der Waals surface area (Å²) in [4.78, 5) is 16.5. The van der Waals surface area contributed by atoms with Crippen LogP contribution in [0.4, 0.5) is 0 Å². The number of amides is 1. The van der Waals surface area contributed by atoms with Crippen molar-refractivity contribution in [2.45, 2.75) is 121 Å². The van der Waals surface area contributed by atoms with E-state index in [0.29, 0.717) is 24.0 Å². The summed E-state index contributed by atoms with van der Waals surface area (Å²) in [5.41, 5.74) is -0.685. The maximum atomic E-state index is 12.8. The summed E-state index contributed by atoms with van der Waals surface area (Å²) in [7, 11) is 1.78. The van der Waals surface area contributed by atoms with Crippen molar-refractivity contribution in [3.63, 3.8) is 0 Å². The lowest BCUT2D eigenvalue weighted by Gasteiger charge is -2.37. The highest BCUT2D eigenvalue weighted by Gasteiger charge is 2.41. The molecule has 6 nitrogen and oxygen atoms in total. The van der Waals surface area contributed by atoms with E-state index < -0.39 is 5.60 Å². The van der Waals surface area contributed by atoms with Crippen molar-refractivity contribution in [3.8, 4) is 0 Å². The first-order valence-electron chi connectivity index (χ1n) is 13.4. The summed E-state index contributed by atoms with van der Waals surface area (Å²) in [6.07, 6.45) is 16.4. The van der Waals surface area contributed by atoms with Crippen molar-refractivity contribution < 1.29 is 19.4 Å². The van der Waals surface area contributed by atoms with E-state index in [1.165, 1.54) is 25.7 Å². The van der Waals surface area contributed by atoms with Gasteiger partial charge < -0.3 is 19.5 Å². The van der Waals surface area contributed by atoms with Gasteiger partial charge in [0.15, 0.2) is 11.4 Å². The zero-order valence-electron chi connectivity index (χ0n) is 20.9.